The molecule has 0 aliphatic carbocycles. The first-order valence-corrected chi connectivity index (χ1v) is 15.8. The van der Waals surface area contributed by atoms with E-state index in [0.29, 0.717) is 0 Å². The minimum Gasteiger partial charge on any atom is -0.387 e. The highest BCUT2D eigenvalue weighted by molar-refractivity contribution is 7.61. The molecule has 25 heteroatoms. The van der Waals surface area contributed by atoms with Gasteiger partial charge in [0, 0.05) is 0 Å². The van der Waals surface area contributed by atoms with Crippen LogP contribution in [-0.4, -0.2) is 119 Å². The number of nitrogen functional groups attached to an aromatic ring is 2. The summed E-state index contributed by atoms with van der Waals surface area (Å²) in [5.41, 5.74) is 12.2. The van der Waals surface area contributed by atoms with Crippen LogP contribution in [0.5, 0.6) is 0 Å². The molecular weight excluding hydrogens is 650 g/mol. The van der Waals surface area contributed by atoms with Crippen LogP contribution in [0.25, 0.3) is 22.3 Å². The van der Waals surface area contributed by atoms with Gasteiger partial charge in [0.25, 0.3) is 0 Å². The summed E-state index contributed by atoms with van der Waals surface area (Å²) < 4.78 is 52.3. The molecule has 0 saturated carbocycles. The number of fused-ring (bicyclic) bond motifs is 2. The predicted molar refractivity (Wildman–Crippen MR) is 144 cm³/mol. The van der Waals surface area contributed by atoms with Crippen molar-refractivity contribution in [3.05, 3.63) is 25.3 Å². The predicted octanol–water partition coefficient (Wildman–Crippen LogP) is -2.68. The van der Waals surface area contributed by atoms with Crippen LogP contribution >= 0.6 is 15.6 Å². The fourth-order valence-corrected chi connectivity index (χ4v) is 6.91. The van der Waals surface area contributed by atoms with E-state index in [-0.39, 0.29) is 34.0 Å². The van der Waals surface area contributed by atoms with E-state index in [2.05, 4.69) is 34.2 Å². The number of phosphoric acid groups is 2. The number of aliphatic hydroxyl groups is 4. The van der Waals surface area contributed by atoms with Gasteiger partial charge in [-0.3, -0.25) is 18.2 Å². The van der Waals surface area contributed by atoms with Crippen molar-refractivity contribution < 1.29 is 62.2 Å². The van der Waals surface area contributed by atoms with Crippen molar-refractivity contribution >= 4 is 49.6 Å². The number of imidazole rings is 2. The standard InChI is InChI=1S/C20H26N10O13P2/c21-15-9-17(25-3-23-15)29(5-27-9)19-13(33)11(31)7(41-19)1-39-44(35,36)43-45(37,38)40-2-8-12(32)14(34)20(42-8)30-6-28-10-16(22)24-4-26-18(10)30/h3-8,11-14,19-20,31-34H,1-2H2,(H,35,36)(H,37,38)(H2,21,23,25)(H2,22,24,26). The van der Waals surface area contributed by atoms with E-state index < -0.39 is 77.9 Å². The summed E-state index contributed by atoms with van der Waals surface area (Å²) in [7, 11) is -10.7. The van der Waals surface area contributed by atoms with Crippen LogP contribution < -0.4 is 11.5 Å². The molecule has 244 valence electrons. The molecule has 10 unspecified atom stereocenters. The molecule has 2 fully saturated rings. The zero-order chi connectivity index (χ0) is 32.3. The van der Waals surface area contributed by atoms with E-state index in [1.54, 1.807) is 0 Å². The first kappa shape index (κ1) is 31.7. The SMILES string of the molecule is Nc1ncnc2c1ncn2C1OC(COP(=O)(O)OP(=O)(O)OCC2OC(n3cnc4c(N)ncnc43)C(O)C2O)C(O)C1O. The van der Waals surface area contributed by atoms with E-state index in [1.807, 2.05) is 0 Å². The van der Waals surface area contributed by atoms with Gasteiger partial charge in [0.15, 0.2) is 35.4 Å². The second-order valence-corrected chi connectivity index (χ2v) is 12.9. The highest BCUT2D eigenvalue weighted by atomic mass is 31.3. The number of hydrogen-bond donors (Lipinski definition) is 8. The van der Waals surface area contributed by atoms with Crippen molar-refractivity contribution in [2.24, 2.45) is 0 Å². The van der Waals surface area contributed by atoms with Crippen LogP contribution in [0.3, 0.4) is 0 Å². The smallest absolute Gasteiger partial charge is 0.387 e. The first-order chi connectivity index (χ1) is 21.3. The largest absolute Gasteiger partial charge is 0.481 e. The monoisotopic (exact) mass is 676 g/mol. The molecule has 2 saturated heterocycles. The number of hydrogen-bond acceptors (Lipinski definition) is 19. The Hall–Kier alpha value is -3.28. The molecule has 45 heavy (non-hydrogen) atoms. The Balaban J connectivity index is 1.04. The van der Waals surface area contributed by atoms with Gasteiger partial charge in [0.2, 0.25) is 0 Å². The molecule has 10 N–H and O–H groups in total. The van der Waals surface area contributed by atoms with Gasteiger partial charge in [-0.1, -0.05) is 0 Å². The Morgan fingerprint density at radius 2 is 1.09 bits per heavy atom. The molecule has 0 bridgehead atoms. The lowest BCUT2D eigenvalue weighted by molar-refractivity contribution is -0.0530. The number of phosphoric ester groups is 2. The Morgan fingerprint density at radius 1 is 0.689 bits per heavy atom. The lowest BCUT2D eigenvalue weighted by Crippen LogP contribution is -2.34. The summed E-state index contributed by atoms with van der Waals surface area (Å²) in [6.45, 7) is -1.78. The van der Waals surface area contributed by atoms with Crippen LogP contribution in [-0.2, 0) is 32.0 Å². The number of nitrogens with two attached hydrogens (primary N) is 2. The van der Waals surface area contributed by atoms with Crippen LogP contribution in [0.1, 0.15) is 12.5 Å². The molecule has 0 amide bonds. The van der Waals surface area contributed by atoms with Crippen LogP contribution in [0, 0.1) is 0 Å². The van der Waals surface area contributed by atoms with E-state index >= 15 is 0 Å². The molecule has 0 aromatic carbocycles. The average Bonchev–Trinajstić information content (AvgIpc) is 3.73. The maximum Gasteiger partial charge on any atom is 0.481 e. The molecule has 4 aromatic rings. The summed E-state index contributed by atoms with van der Waals surface area (Å²) in [6, 6.07) is 0. The van der Waals surface area contributed by atoms with E-state index in [0.717, 1.165) is 12.7 Å². The molecule has 23 nitrogen and oxygen atoms in total. The van der Waals surface area contributed by atoms with Crippen molar-refractivity contribution in [1.82, 2.24) is 39.0 Å². The summed E-state index contributed by atoms with van der Waals surface area (Å²) in [5.74, 6) is 0.108. The average molecular weight is 676 g/mol. The summed E-state index contributed by atoms with van der Waals surface area (Å²) in [6.07, 6.45) is -7.12. The maximum absolute atomic E-state index is 12.5. The Morgan fingerprint density at radius 3 is 1.49 bits per heavy atom. The second-order valence-electron chi connectivity index (χ2n) is 9.87. The van der Waals surface area contributed by atoms with Crippen molar-refractivity contribution in [2.45, 2.75) is 49.1 Å². The third-order valence-electron chi connectivity index (χ3n) is 7.01. The van der Waals surface area contributed by atoms with Gasteiger partial charge in [0.1, 0.15) is 60.3 Å². The second kappa shape index (κ2) is 11.8. The lowest BCUT2D eigenvalue weighted by atomic mass is 10.1. The molecule has 0 radical (unpaired) electrons. The van der Waals surface area contributed by atoms with Crippen molar-refractivity contribution in [1.29, 1.82) is 0 Å². The highest BCUT2D eigenvalue weighted by Crippen LogP contribution is 2.60. The molecular formula is C20H26N10O13P2. The number of anilines is 2. The Labute approximate surface area is 250 Å². The number of ether oxygens (including phenoxy) is 2. The zero-order valence-corrected chi connectivity index (χ0v) is 24.3. The number of aromatic nitrogens is 8. The fraction of sp³-hybridized carbons (Fsp3) is 0.500. The van der Waals surface area contributed by atoms with Gasteiger partial charge in [-0.05, 0) is 0 Å². The number of nitrogens with zero attached hydrogens (tertiary/aromatic N) is 8. The van der Waals surface area contributed by atoms with Gasteiger partial charge in [-0.25, -0.2) is 39.0 Å². The topological polar surface area (TPSA) is 341 Å². The molecule has 6 rings (SSSR count). The van der Waals surface area contributed by atoms with Crippen molar-refractivity contribution in [3.8, 4) is 0 Å². The molecule has 2 aliphatic rings. The normalized spacial score (nSPS) is 31.4. The van der Waals surface area contributed by atoms with E-state index in [1.165, 1.54) is 21.8 Å². The summed E-state index contributed by atoms with van der Waals surface area (Å²) in [4.78, 5) is 43.8. The molecule has 0 spiro atoms. The van der Waals surface area contributed by atoms with Gasteiger partial charge in [-0.2, -0.15) is 4.31 Å². The first-order valence-electron chi connectivity index (χ1n) is 12.8. The minimum atomic E-state index is -5.37. The quantitative estimate of drug-likeness (QED) is 0.0793. The van der Waals surface area contributed by atoms with Crippen LogP contribution in [0.15, 0.2) is 25.3 Å². The Kier molecular flexibility index (Phi) is 8.33. The van der Waals surface area contributed by atoms with Crippen molar-refractivity contribution in [2.75, 3.05) is 24.7 Å². The maximum atomic E-state index is 12.5. The van der Waals surface area contributed by atoms with E-state index in [4.69, 9.17) is 30.0 Å². The van der Waals surface area contributed by atoms with Crippen LogP contribution in [0.4, 0.5) is 11.6 Å². The minimum absolute atomic E-state index is 0.0539. The van der Waals surface area contributed by atoms with Gasteiger partial charge in [-0.15, -0.1) is 0 Å². The Bertz CT molecular complexity index is 1680. The molecule has 6 heterocycles. The van der Waals surface area contributed by atoms with Crippen molar-refractivity contribution in [3.63, 3.8) is 0 Å². The highest BCUT2D eigenvalue weighted by Gasteiger charge is 2.48. The number of aliphatic hydroxyl groups excluding tert-OH is 4. The summed E-state index contributed by atoms with van der Waals surface area (Å²) in [5, 5.41) is 41.9. The fourth-order valence-electron chi connectivity index (χ4n) is 4.82. The van der Waals surface area contributed by atoms with Crippen LogP contribution in [0.2, 0.25) is 0 Å². The lowest BCUT2D eigenvalue weighted by Gasteiger charge is -2.20. The van der Waals surface area contributed by atoms with Gasteiger partial charge < -0.3 is 51.2 Å². The van der Waals surface area contributed by atoms with Gasteiger partial charge >= 0.3 is 15.6 Å². The number of rotatable bonds is 10. The summed E-state index contributed by atoms with van der Waals surface area (Å²) >= 11 is 0. The molecule has 4 aromatic heterocycles. The molecule has 10 atom stereocenters. The van der Waals surface area contributed by atoms with Gasteiger partial charge in [0.05, 0.1) is 25.9 Å². The zero-order valence-electron chi connectivity index (χ0n) is 22.5. The molecule has 2 aliphatic heterocycles. The third-order valence-corrected chi connectivity index (χ3v) is 9.61. The third kappa shape index (κ3) is 6.02. The van der Waals surface area contributed by atoms with E-state index in [9.17, 15) is 39.3 Å².